The molecule has 78 valence electrons. The van der Waals surface area contributed by atoms with E-state index in [9.17, 15) is 4.79 Å². The second-order valence-corrected chi connectivity index (χ2v) is 4.30. The molecule has 0 amide bonds. The summed E-state index contributed by atoms with van der Waals surface area (Å²) >= 11 is 0. The quantitative estimate of drug-likeness (QED) is 0.506. The van der Waals surface area contributed by atoms with E-state index in [4.69, 9.17) is 11.2 Å². The Morgan fingerprint density at radius 1 is 1.43 bits per heavy atom. The Labute approximate surface area is 86.0 Å². The number of carbonyl (C=O) groups is 1. The molecule has 0 spiro atoms. The molecule has 2 unspecified atom stereocenters. The molecule has 1 aliphatic rings. The molecule has 0 aromatic heterocycles. The minimum Gasteiger partial charge on any atom is -0.365 e. The maximum absolute atomic E-state index is 10.7. The highest BCUT2D eigenvalue weighted by Crippen LogP contribution is 2.34. The first-order valence-electron chi connectivity index (χ1n) is 5.19. The largest absolute Gasteiger partial charge is 0.365 e. The van der Waals surface area contributed by atoms with Crippen molar-refractivity contribution >= 4 is 6.29 Å². The van der Waals surface area contributed by atoms with Crippen LogP contribution in [0.25, 0.3) is 0 Å². The Bertz CT molecular complexity index is 217. The van der Waals surface area contributed by atoms with Crippen molar-refractivity contribution in [1.82, 2.24) is 0 Å². The number of carbonyl (C=O) groups excluding carboxylic acids is 1. The zero-order valence-corrected chi connectivity index (χ0v) is 8.90. The average molecular weight is 194 g/mol. The Morgan fingerprint density at radius 3 is 2.43 bits per heavy atom. The van der Waals surface area contributed by atoms with Crippen LogP contribution in [0.1, 0.15) is 26.7 Å². The normalized spacial score (nSPS) is 37.5. The van der Waals surface area contributed by atoms with Crippen LogP contribution in [0.15, 0.2) is 0 Å². The third-order valence-electron chi connectivity index (χ3n) is 3.02. The van der Waals surface area contributed by atoms with Gasteiger partial charge in [0.25, 0.3) is 0 Å². The van der Waals surface area contributed by atoms with Crippen molar-refractivity contribution in [2.45, 2.75) is 32.8 Å². The standard InChI is InChI=1S/C12H18O2/c1-4-5-14-12-9(2)6-11(8-13)7-10(12)3/h1,8-12H,5-7H2,2-3H3. The van der Waals surface area contributed by atoms with E-state index in [1.807, 2.05) is 0 Å². The van der Waals surface area contributed by atoms with Gasteiger partial charge >= 0.3 is 0 Å². The second kappa shape index (κ2) is 5.17. The summed E-state index contributed by atoms with van der Waals surface area (Å²) in [5.41, 5.74) is 0. The molecule has 2 nitrogen and oxygen atoms in total. The maximum atomic E-state index is 10.7. The van der Waals surface area contributed by atoms with Crippen molar-refractivity contribution in [3.63, 3.8) is 0 Å². The highest BCUT2D eigenvalue weighted by molar-refractivity contribution is 5.53. The zero-order chi connectivity index (χ0) is 10.6. The van der Waals surface area contributed by atoms with E-state index in [1.165, 1.54) is 0 Å². The molecule has 0 radical (unpaired) electrons. The Morgan fingerprint density at radius 2 is 2.00 bits per heavy atom. The fourth-order valence-corrected chi connectivity index (χ4v) is 2.46. The van der Waals surface area contributed by atoms with Crippen LogP contribution in [0.4, 0.5) is 0 Å². The molecule has 0 N–H and O–H groups in total. The first kappa shape index (κ1) is 11.3. The lowest BCUT2D eigenvalue weighted by Crippen LogP contribution is -2.37. The van der Waals surface area contributed by atoms with Gasteiger partial charge in [0.1, 0.15) is 12.9 Å². The lowest BCUT2D eigenvalue weighted by Gasteiger charge is -2.36. The summed E-state index contributed by atoms with van der Waals surface area (Å²) in [5.74, 6) is 3.57. The summed E-state index contributed by atoms with van der Waals surface area (Å²) in [4.78, 5) is 10.7. The molecule has 0 heterocycles. The SMILES string of the molecule is C#CCOC1C(C)CC(C=O)CC1C. The van der Waals surface area contributed by atoms with E-state index in [1.54, 1.807) is 0 Å². The molecular weight excluding hydrogens is 176 g/mol. The summed E-state index contributed by atoms with van der Waals surface area (Å²) in [5, 5.41) is 0. The van der Waals surface area contributed by atoms with Crippen LogP contribution in [-0.2, 0) is 9.53 Å². The van der Waals surface area contributed by atoms with Gasteiger partial charge in [0.15, 0.2) is 0 Å². The number of hydrogen-bond acceptors (Lipinski definition) is 2. The van der Waals surface area contributed by atoms with Crippen molar-refractivity contribution in [2.24, 2.45) is 17.8 Å². The van der Waals surface area contributed by atoms with Gasteiger partial charge in [0.05, 0.1) is 6.10 Å². The van der Waals surface area contributed by atoms with E-state index in [-0.39, 0.29) is 12.0 Å². The lowest BCUT2D eigenvalue weighted by atomic mass is 9.75. The van der Waals surface area contributed by atoms with Gasteiger partial charge < -0.3 is 9.53 Å². The summed E-state index contributed by atoms with van der Waals surface area (Å²) in [6.07, 6.45) is 8.32. The summed E-state index contributed by atoms with van der Waals surface area (Å²) in [6, 6.07) is 0. The third-order valence-corrected chi connectivity index (χ3v) is 3.02. The van der Waals surface area contributed by atoms with Crippen LogP contribution >= 0.6 is 0 Å². The van der Waals surface area contributed by atoms with Gasteiger partial charge in [-0.15, -0.1) is 6.42 Å². The van der Waals surface area contributed by atoms with E-state index in [0.29, 0.717) is 18.4 Å². The Kier molecular flexibility index (Phi) is 4.16. The third kappa shape index (κ3) is 2.59. The van der Waals surface area contributed by atoms with Gasteiger partial charge in [-0.3, -0.25) is 0 Å². The first-order chi connectivity index (χ1) is 6.69. The molecule has 0 bridgehead atoms. The van der Waals surface area contributed by atoms with Crippen molar-refractivity contribution in [1.29, 1.82) is 0 Å². The molecule has 0 aliphatic heterocycles. The van der Waals surface area contributed by atoms with Crippen molar-refractivity contribution < 1.29 is 9.53 Å². The lowest BCUT2D eigenvalue weighted by molar-refractivity contribution is -0.115. The predicted molar refractivity (Wildman–Crippen MR) is 55.7 cm³/mol. The smallest absolute Gasteiger partial charge is 0.123 e. The molecule has 0 aromatic rings. The van der Waals surface area contributed by atoms with Gasteiger partial charge in [0.2, 0.25) is 0 Å². The molecule has 0 saturated heterocycles. The van der Waals surface area contributed by atoms with Gasteiger partial charge in [-0.05, 0) is 24.7 Å². The van der Waals surface area contributed by atoms with Crippen LogP contribution in [0, 0.1) is 30.1 Å². The van der Waals surface area contributed by atoms with Crippen molar-refractivity contribution in [2.75, 3.05) is 6.61 Å². The summed E-state index contributed by atoms with van der Waals surface area (Å²) < 4.78 is 5.60. The molecule has 1 aliphatic carbocycles. The van der Waals surface area contributed by atoms with Gasteiger partial charge in [-0.1, -0.05) is 19.8 Å². The molecular formula is C12H18O2. The number of rotatable bonds is 3. The van der Waals surface area contributed by atoms with Gasteiger partial charge in [-0.2, -0.15) is 0 Å². The van der Waals surface area contributed by atoms with Gasteiger partial charge in [-0.25, -0.2) is 0 Å². The fourth-order valence-electron chi connectivity index (χ4n) is 2.46. The number of terminal acetylenes is 1. The predicted octanol–water partition coefficient (Wildman–Crippen LogP) is 1.89. The van der Waals surface area contributed by atoms with Crippen LogP contribution in [0.2, 0.25) is 0 Å². The minimum atomic E-state index is 0.214. The van der Waals surface area contributed by atoms with Crippen LogP contribution in [0.5, 0.6) is 0 Å². The highest BCUT2D eigenvalue weighted by atomic mass is 16.5. The van der Waals surface area contributed by atoms with Crippen LogP contribution < -0.4 is 0 Å². The summed E-state index contributed by atoms with van der Waals surface area (Å²) in [7, 11) is 0. The fraction of sp³-hybridized carbons (Fsp3) is 0.750. The van der Waals surface area contributed by atoms with Crippen molar-refractivity contribution in [3.8, 4) is 12.3 Å². The van der Waals surface area contributed by atoms with E-state index in [0.717, 1.165) is 19.1 Å². The van der Waals surface area contributed by atoms with Crippen LogP contribution in [-0.4, -0.2) is 19.0 Å². The minimum absolute atomic E-state index is 0.214. The number of ether oxygens (including phenoxy) is 1. The van der Waals surface area contributed by atoms with E-state index >= 15 is 0 Å². The van der Waals surface area contributed by atoms with Crippen molar-refractivity contribution in [3.05, 3.63) is 0 Å². The monoisotopic (exact) mass is 194 g/mol. The zero-order valence-electron chi connectivity index (χ0n) is 8.90. The molecule has 1 saturated carbocycles. The Balaban J connectivity index is 2.52. The van der Waals surface area contributed by atoms with E-state index in [2.05, 4.69) is 19.8 Å². The topological polar surface area (TPSA) is 26.3 Å². The second-order valence-electron chi connectivity index (χ2n) is 4.30. The maximum Gasteiger partial charge on any atom is 0.123 e. The first-order valence-corrected chi connectivity index (χ1v) is 5.19. The molecule has 1 rings (SSSR count). The highest BCUT2D eigenvalue weighted by Gasteiger charge is 2.33. The molecule has 14 heavy (non-hydrogen) atoms. The molecule has 1 fully saturated rings. The Hall–Kier alpha value is -0.810. The average Bonchev–Trinajstić information content (AvgIpc) is 2.16. The number of aldehydes is 1. The number of hydrogen-bond donors (Lipinski definition) is 0. The van der Waals surface area contributed by atoms with Gasteiger partial charge in [0, 0.05) is 5.92 Å². The van der Waals surface area contributed by atoms with E-state index < -0.39 is 0 Å². The molecule has 2 atom stereocenters. The molecule has 2 heteroatoms. The van der Waals surface area contributed by atoms with Crippen LogP contribution in [0.3, 0.4) is 0 Å². The summed E-state index contributed by atoms with van der Waals surface area (Å²) in [6.45, 7) is 4.64. The molecule has 0 aromatic carbocycles.